The minimum Gasteiger partial charge on any atom is -0.448 e. The van der Waals surface area contributed by atoms with E-state index in [1.807, 2.05) is 18.2 Å². The van der Waals surface area contributed by atoms with Crippen molar-refractivity contribution >= 4 is 5.82 Å². The molecule has 0 amide bonds. The molecule has 1 saturated carbocycles. The summed E-state index contributed by atoms with van der Waals surface area (Å²) in [4.78, 5) is 0. The normalized spacial score (nSPS) is 19.4. The molecular weight excluding hydrogens is 256 g/mol. The maximum atomic E-state index is 6.09. The van der Waals surface area contributed by atoms with E-state index >= 15 is 0 Å². The number of benzene rings is 1. The van der Waals surface area contributed by atoms with Gasteiger partial charge in [0.15, 0.2) is 23.1 Å². The fourth-order valence-corrected chi connectivity index (χ4v) is 2.97. The molecule has 2 aliphatic rings. The van der Waals surface area contributed by atoms with Gasteiger partial charge in [-0.3, -0.25) is 0 Å². The summed E-state index contributed by atoms with van der Waals surface area (Å²) in [5.74, 6) is 2.15. The van der Waals surface area contributed by atoms with Gasteiger partial charge >= 0.3 is 0 Å². The highest BCUT2D eigenvalue weighted by molar-refractivity contribution is 5.65. The van der Waals surface area contributed by atoms with Gasteiger partial charge in [-0.1, -0.05) is 11.6 Å². The Balaban J connectivity index is 1.66. The molecule has 4 rings (SSSR count). The molecule has 1 aliphatic heterocycles. The lowest BCUT2D eigenvalue weighted by atomic mass is 9.94. The molecule has 2 aromatic rings. The van der Waals surface area contributed by atoms with Crippen molar-refractivity contribution in [3.63, 3.8) is 0 Å². The molecule has 0 unspecified atom stereocenters. The van der Waals surface area contributed by atoms with Crippen LogP contribution >= 0.6 is 0 Å². The lowest BCUT2D eigenvalue weighted by Gasteiger charge is -2.31. The summed E-state index contributed by atoms with van der Waals surface area (Å²) in [5.41, 5.74) is 6.47. The van der Waals surface area contributed by atoms with Crippen LogP contribution in [0.25, 0.3) is 11.3 Å². The number of nitrogen functional groups attached to an aromatic ring is 1. The van der Waals surface area contributed by atoms with Crippen LogP contribution in [0.2, 0.25) is 0 Å². The van der Waals surface area contributed by atoms with Crippen molar-refractivity contribution in [3.05, 3.63) is 24.3 Å². The number of ether oxygens (including phenoxy) is 2. The van der Waals surface area contributed by atoms with Crippen LogP contribution in [0.1, 0.15) is 32.1 Å². The predicted octanol–water partition coefficient (Wildman–Crippen LogP) is 3.36. The zero-order valence-corrected chi connectivity index (χ0v) is 11.1. The number of rotatable bonds is 1. The third-order valence-electron chi connectivity index (χ3n) is 3.96. The van der Waals surface area contributed by atoms with Gasteiger partial charge < -0.3 is 19.7 Å². The van der Waals surface area contributed by atoms with Gasteiger partial charge in [0.25, 0.3) is 5.79 Å². The molecular formula is C15H16N2O3. The molecule has 5 nitrogen and oxygen atoms in total. The average Bonchev–Trinajstić information content (AvgIpc) is 3.02. The second-order valence-electron chi connectivity index (χ2n) is 5.45. The Morgan fingerprint density at radius 1 is 1.00 bits per heavy atom. The molecule has 104 valence electrons. The molecule has 20 heavy (non-hydrogen) atoms. The number of anilines is 1. The van der Waals surface area contributed by atoms with Gasteiger partial charge in [0.2, 0.25) is 0 Å². The summed E-state index contributed by atoms with van der Waals surface area (Å²) in [6.45, 7) is 0. The standard InChI is InChI=1S/C15H16N2O3/c16-14-9-12(20-17-14)10-4-5-11-13(8-10)19-15(18-11)6-2-1-3-7-15/h4-5,8-9H,1-3,6-7H2,(H2,16,17). The van der Waals surface area contributed by atoms with E-state index in [1.54, 1.807) is 6.07 Å². The first-order valence-corrected chi connectivity index (χ1v) is 6.99. The summed E-state index contributed by atoms with van der Waals surface area (Å²) in [7, 11) is 0. The zero-order chi connectivity index (χ0) is 13.6. The molecule has 1 aromatic heterocycles. The van der Waals surface area contributed by atoms with Crippen LogP contribution < -0.4 is 15.2 Å². The second-order valence-corrected chi connectivity index (χ2v) is 5.45. The highest BCUT2D eigenvalue weighted by Gasteiger charge is 2.42. The minimum absolute atomic E-state index is 0.376. The number of nitrogens with two attached hydrogens (primary N) is 1. The van der Waals surface area contributed by atoms with E-state index < -0.39 is 5.79 Å². The number of hydrogen-bond donors (Lipinski definition) is 1. The van der Waals surface area contributed by atoms with Crippen molar-refractivity contribution in [2.75, 3.05) is 5.73 Å². The Labute approximate surface area is 116 Å². The van der Waals surface area contributed by atoms with Crippen LogP contribution in [0.3, 0.4) is 0 Å². The van der Waals surface area contributed by atoms with E-state index in [1.165, 1.54) is 6.42 Å². The van der Waals surface area contributed by atoms with Gasteiger partial charge in [0, 0.05) is 24.5 Å². The van der Waals surface area contributed by atoms with Crippen molar-refractivity contribution < 1.29 is 14.0 Å². The number of hydrogen-bond acceptors (Lipinski definition) is 5. The van der Waals surface area contributed by atoms with E-state index in [0.29, 0.717) is 11.6 Å². The van der Waals surface area contributed by atoms with Crippen LogP contribution in [0, 0.1) is 0 Å². The van der Waals surface area contributed by atoms with E-state index in [2.05, 4.69) is 5.16 Å². The van der Waals surface area contributed by atoms with Crippen LogP contribution in [-0.2, 0) is 0 Å². The van der Waals surface area contributed by atoms with Gasteiger partial charge in [0.1, 0.15) is 0 Å². The summed E-state index contributed by atoms with van der Waals surface area (Å²) < 4.78 is 17.3. The van der Waals surface area contributed by atoms with Crippen LogP contribution in [0.15, 0.2) is 28.8 Å². The molecule has 2 heterocycles. The first-order valence-electron chi connectivity index (χ1n) is 6.99. The van der Waals surface area contributed by atoms with Gasteiger partial charge in [-0.25, -0.2) is 0 Å². The molecule has 1 aromatic carbocycles. The molecule has 2 N–H and O–H groups in total. The largest absolute Gasteiger partial charge is 0.448 e. The summed E-state index contributed by atoms with van der Waals surface area (Å²) >= 11 is 0. The summed E-state index contributed by atoms with van der Waals surface area (Å²) in [6, 6.07) is 7.49. The van der Waals surface area contributed by atoms with Gasteiger partial charge in [-0.15, -0.1) is 0 Å². The zero-order valence-electron chi connectivity index (χ0n) is 11.1. The van der Waals surface area contributed by atoms with Crippen LogP contribution in [0.4, 0.5) is 5.82 Å². The fourth-order valence-electron chi connectivity index (χ4n) is 2.97. The molecule has 1 fully saturated rings. The molecule has 0 radical (unpaired) electrons. The van der Waals surface area contributed by atoms with Crippen molar-refractivity contribution in [1.29, 1.82) is 0 Å². The third kappa shape index (κ3) is 1.81. The van der Waals surface area contributed by atoms with Crippen molar-refractivity contribution in [2.45, 2.75) is 37.9 Å². The van der Waals surface area contributed by atoms with E-state index in [9.17, 15) is 0 Å². The van der Waals surface area contributed by atoms with Crippen molar-refractivity contribution in [2.24, 2.45) is 0 Å². The van der Waals surface area contributed by atoms with Gasteiger partial charge in [-0.05, 0) is 31.0 Å². The second kappa shape index (κ2) is 4.16. The van der Waals surface area contributed by atoms with Gasteiger partial charge in [-0.2, -0.15) is 0 Å². The maximum absolute atomic E-state index is 6.09. The molecule has 1 spiro atoms. The van der Waals surface area contributed by atoms with E-state index in [4.69, 9.17) is 19.7 Å². The Morgan fingerprint density at radius 3 is 2.55 bits per heavy atom. The van der Waals surface area contributed by atoms with Crippen LogP contribution in [0.5, 0.6) is 11.5 Å². The van der Waals surface area contributed by atoms with Gasteiger partial charge in [0.05, 0.1) is 0 Å². The highest BCUT2D eigenvalue weighted by Crippen LogP contribution is 2.46. The summed E-state index contributed by atoms with van der Waals surface area (Å²) in [5, 5.41) is 3.70. The highest BCUT2D eigenvalue weighted by atomic mass is 16.7. The molecule has 1 aliphatic carbocycles. The van der Waals surface area contributed by atoms with Crippen molar-refractivity contribution in [1.82, 2.24) is 5.16 Å². The molecule has 5 heteroatoms. The lowest BCUT2D eigenvalue weighted by molar-refractivity contribution is -0.105. The minimum atomic E-state index is -0.445. The molecule has 0 saturated heterocycles. The number of nitrogens with zero attached hydrogens (tertiary/aromatic N) is 1. The number of aromatic nitrogens is 1. The van der Waals surface area contributed by atoms with E-state index in [-0.39, 0.29) is 0 Å². The number of fused-ring (bicyclic) bond motifs is 1. The van der Waals surface area contributed by atoms with E-state index in [0.717, 1.165) is 42.7 Å². The smallest absolute Gasteiger partial charge is 0.251 e. The fraction of sp³-hybridized carbons (Fsp3) is 0.400. The quantitative estimate of drug-likeness (QED) is 0.862. The monoisotopic (exact) mass is 272 g/mol. The van der Waals surface area contributed by atoms with Crippen molar-refractivity contribution in [3.8, 4) is 22.8 Å². The van der Waals surface area contributed by atoms with Crippen LogP contribution in [-0.4, -0.2) is 10.9 Å². The molecule has 0 atom stereocenters. The average molecular weight is 272 g/mol. The third-order valence-corrected chi connectivity index (χ3v) is 3.96. The SMILES string of the molecule is Nc1cc(-c2ccc3c(c2)OC2(CCCCC2)O3)on1. The Bertz CT molecular complexity index is 644. The Hall–Kier alpha value is -2.17. The maximum Gasteiger partial charge on any atom is 0.251 e. The lowest BCUT2D eigenvalue weighted by Crippen LogP contribution is -2.40. The topological polar surface area (TPSA) is 70.5 Å². The Morgan fingerprint density at radius 2 is 1.80 bits per heavy atom. The summed E-state index contributed by atoms with van der Waals surface area (Å²) in [6.07, 6.45) is 5.46. The predicted molar refractivity (Wildman–Crippen MR) is 73.4 cm³/mol. The first kappa shape index (κ1) is 11.6. The molecule has 0 bridgehead atoms. The Kier molecular flexibility index (Phi) is 2.42. The first-order chi connectivity index (χ1) is 9.74.